The second-order valence-corrected chi connectivity index (χ2v) is 3.61. The molecule has 0 aromatic heterocycles. The topological polar surface area (TPSA) is 52.0 Å². The van der Waals surface area contributed by atoms with Gasteiger partial charge in [0, 0.05) is 11.6 Å². The molecule has 1 aromatic rings. The van der Waals surface area contributed by atoms with Gasteiger partial charge >= 0.3 is 0 Å². The van der Waals surface area contributed by atoms with E-state index >= 15 is 0 Å². The number of anilines is 1. The van der Waals surface area contributed by atoms with E-state index in [4.69, 9.17) is 11.5 Å². The third-order valence-electron chi connectivity index (χ3n) is 2.55. The molecule has 0 radical (unpaired) electrons. The summed E-state index contributed by atoms with van der Waals surface area (Å²) < 4.78 is 13.4. The summed E-state index contributed by atoms with van der Waals surface area (Å²) in [7, 11) is 0. The van der Waals surface area contributed by atoms with Crippen molar-refractivity contribution in [2.45, 2.75) is 18.9 Å². The molecule has 0 bridgehead atoms. The summed E-state index contributed by atoms with van der Waals surface area (Å²) in [5.74, 6) is 0.109. The largest absolute Gasteiger partial charge is 0.396 e. The van der Waals surface area contributed by atoms with Crippen LogP contribution in [0.3, 0.4) is 0 Å². The van der Waals surface area contributed by atoms with Gasteiger partial charge in [-0.25, -0.2) is 4.39 Å². The van der Waals surface area contributed by atoms with E-state index in [2.05, 4.69) is 0 Å². The van der Waals surface area contributed by atoms with Crippen LogP contribution < -0.4 is 11.5 Å². The average molecular weight is 180 g/mol. The molecule has 1 aliphatic carbocycles. The smallest absolute Gasteiger partial charge is 0.150 e. The Labute approximate surface area is 76.7 Å². The highest BCUT2D eigenvalue weighted by atomic mass is 19.1. The van der Waals surface area contributed by atoms with Crippen LogP contribution in [0, 0.1) is 11.7 Å². The van der Waals surface area contributed by atoms with E-state index in [0.29, 0.717) is 11.5 Å². The van der Waals surface area contributed by atoms with Gasteiger partial charge in [-0.15, -0.1) is 0 Å². The SMILES string of the molecule is Nc1cccc(C(N)C2CC2)c1F. The van der Waals surface area contributed by atoms with Gasteiger partial charge in [0.15, 0.2) is 5.82 Å². The number of nitrogen functional groups attached to an aromatic ring is 1. The quantitative estimate of drug-likeness (QED) is 0.682. The maximum absolute atomic E-state index is 13.4. The number of halogens is 1. The lowest BCUT2D eigenvalue weighted by molar-refractivity contribution is 0.557. The van der Waals surface area contributed by atoms with E-state index in [0.717, 1.165) is 12.8 Å². The molecule has 1 aromatic carbocycles. The van der Waals surface area contributed by atoms with Crippen molar-refractivity contribution in [3.63, 3.8) is 0 Å². The average Bonchev–Trinajstić information content (AvgIpc) is 2.91. The second-order valence-electron chi connectivity index (χ2n) is 3.61. The predicted octanol–water partition coefficient (Wildman–Crippen LogP) is 1.82. The molecule has 0 amide bonds. The molecule has 1 fully saturated rings. The Bertz CT molecular complexity index is 321. The van der Waals surface area contributed by atoms with Gasteiger partial charge in [0.2, 0.25) is 0 Å². The van der Waals surface area contributed by atoms with Gasteiger partial charge < -0.3 is 11.5 Å². The molecule has 2 nitrogen and oxygen atoms in total. The maximum Gasteiger partial charge on any atom is 0.150 e. The molecular formula is C10H13FN2. The highest BCUT2D eigenvalue weighted by Gasteiger charge is 2.31. The molecule has 1 unspecified atom stereocenters. The Morgan fingerprint density at radius 1 is 1.38 bits per heavy atom. The minimum atomic E-state index is -0.345. The van der Waals surface area contributed by atoms with Crippen LogP contribution in [0.1, 0.15) is 24.4 Å². The fourth-order valence-electron chi connectivity index (χ4n) is 1.54. The lowest BCUT2D eigenvalue weighted by atomic mass is 10.0. The zero-order valence-electron chi connectivity index (χ0n) is 7.33. The molecule has 1 atom stereocenters. The van der Waals surface area contributed by atoms with Crippen molar-refractivity contribution in [2.75, 3.05) is 5.73 Å². The summed E-state index contributed by atoms with van der Waals surface area (Å²) in [6.45, 7) is 0. The van der Waals surface area contributed by atoms with Crippen molar-refractivity contribution in [1.29, 1.82) is 0 Å². The van der Waals surface area contributed by atoms with Crippen molar-refractivity contribution >= 4 is 5.69 Å². The lowest BCUT2D eigenvalue weighted by Crippen LogP contribution is -2.14. The number of hydrogen-bond donors (Lipinski definition) is 2. The molecule has 70 valence electrons. The van der Waals surface area contributed by atoms with Crippen molar-refractivity contribution in [2.24, 2.45) is 11.7 Å². The van der Waals surface area contributed by atoms with E-state index in [1.165, 1.54) is 0 Å². The number of benzene rings is 1. The van der Waals surface area contributed by atoms with Gasteiger partial charge in [-0.2, -0.15) is 0 Å². The molecule has 1 aliphatic rings. The first-order valence-electron chi connectivity index (χ1n) is 4.49. The summed E-state index contributed by atoms with van der Waals surface area (Å²) >= 11 is 0. The Morgan fingerprint density at radius 2 is 2.08 bits per heavy atom. The van der Waals surface area contributed by atoms with Crippen molar-refractivity contribution in [1.82, 2.24) is 0 Å². The van der Waals surface area contributed by atoms with Crippen LogP contribution in [0.4, 0.5) is 10.1 Å². The van der Waals surface area contributed by atoms with E-state index in [-0.39, 0.29) is 17.5 Å². The molecule has 0 saturated heterocycles. The molecule has 13 heavy (non-hydrogen) atoms. The highest BCUT2D eigenvalue weighted by molar-refractivity contribution is 5.44. The Morgan fingerprint density at radius 3 is 2.69 bits per heavy atom. The van der Waals surface area contributed by atoms with E-state index < -0.39 is 0 Å². The first kappa shape index (κ1) is 8.51. The van der Waals surface area contributed by atoms with Crippen molar-refractivity contribution in [3.8, 4) is 0 Å². The normalized spacial score (nSPS) is 18.6. The first-order valence-corrected chi connectivity index (χ1v) is 4.49. The lowest BCUT2D eigenvalue weighted by Gasteiger charge is -2.12. The summed E-state index contributed by atoms with van der Waals surface area (Å²) in [5.41, 5.74) is 12.1. The fraction of sp³-hybridized carbons (Fsp3) is 0.400. The summed E-state index contributed by atoms with van der Waals surface area (Å²) in [4.78, 5) is 0. The van der Waals surface area contributed by atoms with Crippen LogP contribution in [0.25, 0.3) is 0 Å². The Hall–Kier alpha value is -1.09. The fourth-order valence-corrected chi connectivity index (χ4v) is 1.54. The maximum atomic E-state index is 13.4. The van der Waals surface area contributed by atoms with Crippen LogP contribution in [-0.4, -0.2) is 0 Å². The number of hydrogen-bond acceptors (Lipinski definition) is 2. The molecule has 1 saturated carbocycles. The van der Waals surface area contributed by atoms with Crippen LogP contribution in [0.15, 0.2) is 18.2 Å². The van der Waals surface area contributed by atoms with E-state index in [1.807, 2.05) is 0 Å². The number of rotatable bonds is 2. The first-order chi connectivity index (χ1) is 6.20. The molecule has 3 heteroatoms. The third-order valence-corrected chi connectivity index (χ3v) is 2.55. The third kappa shape index (κ3) is 1.52. The zero-order chi connectivity index (χ0) is 9.42. The van der Waals surface area contributed by atoms with Gasteiger partial charge in [0.1, 0.15) is 0 Å². The van der Waals surface area contributed by atoms with E-state index in [1.54, 1.807) is 18.2 Å². The van der Waals surface area contributed by atoms with Gasteiger partial charge in [-0.05, 0) is 24.8 Å². The minimum absolute atomic E-state index is 0.177. The Balaban J connectivity index is 2.32. The Kier molecular flexibility index (Phi) is 1.96. The zero-order valence-corrected chi connectivity index (χ0v) is 7.33. The van der Waals surface area contributed by atoms with Crippen LogP contribution in [0.5, 0.6) is 0 Å². The second kappa shape index (κ2) is 3.00. The van der Waals surface area contributed by atoms with Gasteiger partial charge in [0.05, 0.1) is 5.69 Å². The molecular weight excluding hydrogens is 167 g/mol. The number of nitrogens with two attached hydrogens (primary N) is 2. The van der Waals surface area contributed by atoms with Crippen LogP contribution in [-0.2, 0) is 0 Å². The minimum Gasteiger partial charge on any atom is -0.396 e. The summed E-state index contributed by atoms with van der Waals surface area (Å²) in [5, 5.41) is 0. The van der Waals surface area contributed by atoms with Gasteiger partial charge in [-0.1, -0.05) is 12.1 Å². The van der Waals surface area contributed by atoms with Crippen molar-refractivity contribution < 1.29 is 4.39 Å². The van der Waals surface area contributed by atoms with Crippen molar-refractivity contribution in [3.05, 3.63) is 29.6 Å². The molecule has 4 N–H and O–H groups in total. The van der Waals surface area contributed by atoms with E-state index in [9.17, 15) is 4.39 Å². The van der Waals surface area contributed by atoms with Gasteiger partial charge in [-0.3, -0.25) is 0 Å². The van der Waals surface area contributed by atoms with Crippen LogP contribution in [0.2, 0.25) is 0 Å². The molecule has 2 rings (SSSR count). The van der Waals surface area contributed by atoms with Crippen LogP contribution >= 0.6 is 0 Å². The highest BCUT2D eigenvalue weighted by Crippen LogP contribution is 2.40. The standard InChI is InChI=1S/C10H13FN2/c11-9-7(2-1-3-8(9)12)10(13)6-4-5-6/h1-3,6,10H,4-5,12-13H2. The summed E-state index contributed by atoms with van der Waals surface area (Å²) in [6, 6.07) is 4.84. The summed E-state index contributed by atoms with van der Waals surface area (Å²) in [6.07, 6.45) is 2.21. The molecule has 0 heterocycles. The molecule has 0 spiro atoms. The molecule has 0 aliphatic heterocycles. The predicted molar refractivity (Wildman–Crippen MR) is 50.5 cm³/mol. The van der Waals surface area contributed by atoms with Gasteiger partial charge in [0.25, 0.3) is 0 Å². The monoisotopic (exact) mass is 180 g/mol.